The third-order valence-corrected chi connectivity index (χ3v) is 3.06. The maximum absolute atomic E-state index is 10.5. The van der Waals surface area contributed by atoms with Gasteiger partial charge in [0, 0.05) is 13.1 Å². The van der Waals surface area contributed by atoms with Gasteiger partial charge < -0.3 is 30.7 Å². The Labute approximate surface area is 108 Å². The molecule has 0 aromatic carbocycles. The number of rotatable bonds is 6. The molecule has 19 heavy (non-hydrogen) atoms. The van der Waals surface area contributed by atoms with E-state index in [0.717, 1.165) is 0 Å². The summed E-state index contributed by atoms with van der Waals surface area (Å²) in [5, 5.41) is 15.0. The van der Waals surface area contributed by atoms with Crippen molar-refractivity contribution >= 4 is 6.03 Å². The van der Waals surface area contributed by atoms with Crippen LogP contribution in [0.5, 0.6) is 0 Å². The molecule has 10 nitrogen and oxygen atoms in total. The molecule has 0 aromatic rings. The van der Waals surface area contributed by atoms with E-state index in [1.807, 2.05) is 0 Å². The Morgan fingerprint density at radius 3 is 2.79 bits per heavy atom. The van der Waals surface area contributed by atoms with Gasteiger partial charge in [-0.2, -0.15) is 0 Å². The molecule has 0 unspecified atom stereocenters. The van der Waals surface area contributed by atoms with Crippen LogP contribution in [0.3, 0.4) is 0 Å². The molecule has 2 fully saturated rings. The molecule has 10 heteroatoms. The van der Waals surface area contributed by atoms with Gasteiger partial charge in [0.25, 0.3) is 5.09 Å². The van der Waals surface area contributed by atoms with Crippen LogP contribution in [-0.4, -0.2) is 61.8 Å². The minimum absolute atomic E-state index is 0.0833. The number of nitrogens with one attached hydrogen (secondary N) is 2. The van der Waals surface area contributed by atoms with Crippen molar-refractivity contribution in [3.63, 3.8) is 0 Å². The number of ether oxygens (including phenoxy) is 2. The van der Waals surface area contributed by atoms with E-state index in [-0.39, 0.29) is 18.8 Å². The van der Waals surface area contributed by atoms with Gasteiger partial charge in [-0.25, -0.2) is 4.79 Å². The van der Waals surface area contributed by atoms with E-state index < -0.39 is 23.3 Å². The highest BCUT2D eigenvalue weighted by Crippen LogP contribution is 2.28. The van der Waals surface area contributed by atoms with Crippen LogP contribution in [0.1, 0.15) is 0 Å². The maximum Gasteiger partial charge on any atom is 0.312 e. The van der Waals surface area contributed by atoms with Gasteiger partial charge in [0.15, 0.2) is 6.10 Å². The number of hydrogen-bond donors (Lipinski definition) is 3. The van der Waals surface area contributed by atoms with E-state index in [1.165, 1.54) is 0 Å². The van der Waals surface area contributed by atoms with Gasteiger partial charge in [0.1, 0.15) is 12.2 Å². The second-order valence-electron chi connectivity index (χ2n) is 4.32. The van der Waals surface area contributed by atoms with E-state index in [0.29, 0.717) is 19.7 Å². The van der Waals surface area contributed by atoms with E-state index in [4.69, 9.17) is 15.2 Å². The minimum Gasteiger partial charge on any atom is -0.371 e. The Kier molecular flexibility index (Phi) is 4.35. The molecule has 0 bridgehead atoms. The number of amides is 2. The topological polar surface area (TPSA) is 138 Å². The molecule has 0 spiro atoms. The molecule has 2 heterocycles. The molecule has 108 valence electrons. The van der Waals surface area contributed by atoms with Crippen molar-refractivity contribution in [3.05, 3.63) is 10.1 Å². The number of hydrogen-bond acceptors (Lipinski definition) is 7. The fraction of sp³-hybridized carbons (Fsp3) is 0.889. The van der Waals surface area contributed by atoms with Crippen LogP contribution in [0.15, 0.2) is 0 Å². The number of nitrogens with zero attached hydrogens (tertiary/aromatic N) is 1. The average Bonchev–Trinajstić information content (AvgIpc) is 2.88. The summed E-state index contributed by atoms with van der Waals surface area (Å²) in [4.78, 5) is 25.3. The Balaban J connectivity index is 1.74. The summed E-state index contributed by atoms with van der Waals surface area (Å²) in [6, 6.07) is -0.668. The van der Waals surface area contributed by atoms with Crippen LogP contribution >= 0.6 is 0 Å². The predicted octanol–water partition coefficient (Wildman–Crippen LogP) is -2.01. The zero-order valence-corrected chi connectivity index (χ0v) is 10.1. The van der Waals surface area contributed by atoms with E-state index >= 15 is 0 Å². The average molecular weight is 276 g/mol. The number of primary amides is 1. The molecular weight excluding hydrogens is 260 g/mol. The summed E-state index contributed by atoms with van der Waals surface area (Å²) in [7, 11) is 0. The zero-order valence-electron chi connectivity index (χ0n) is 10.1. The van der Waals surface area contributed by atoms with Crippen molar-refractivity contribution in [1.82, 2.24) is 10.6 Å². The fourth-order valence-corrected chi connectivity index (χ4v) is 2.28. The van der Waals surface area contributed by atoms with Gasteiger partial charge in [-0.1, -0.05) is 0 Å². The number of carbonyl (C=O) groups excluding carboxylic acids is 1. The number of urea groups is 1. The molecule has 2 aliphatic rings. The summed E-state index contributed by atoms with van der Waals surface area (Å²) in [5.74, 6) is 0. The molecule has 0 aromatic heterocycles. The third kappa shape index (κ3) is 3.43. The predicted molar refractivity (Wildman–Crippen MR) is 60.7 cm³/mol. The van der Waals surface area contributed by atoms with Gasteiger partial charge >= 0.3 is 6.03 Å². The van der Waals surface area contributed by atoms with Gasteiger partial charge in [-0.05, 0) is 0 Å². The summed E-state index contributed by atoms with van der Waals surface area (Å²) in [6.45, 7) is 1.40. The summed E-state index contributed by atoms with van der Waals surface area (Å²) in [6.07, 6.45) is -1.40. The second kappa shape index (κ2) is 5.99. The summed E-state index contributed by atoms with van der Waals surface area (Å²) < 4.78 is 10.9. The lowest BCUT2D eigenvalue weighted by molar-refractivity contribution is -0.769. The summed E-state index contributed by atoms with van der Waals surface area (Å²) in [5.41, 5.74) is 4.93. The van der Waals surface area contributed by atoms with Gasteiger partial charge in [-0.3, -0.25) is 0 Å². The van der Waals surface area contributed by atoms with Crippen molar-refractivity contribution in [2.45, 2.75) is 24.4 Å². The van der Waals surface area contributed by atoms with Crippen LogP contribution in [0.4, 0.5) is 4.79 Å². The van der Waals surface area contributed by atoms with Gasteiger partial charge in [0.05, 0.1) is 19.3 Å². The summed E-state index contributed by atoms with van der Waals surface area (Å²) >= 11 is 0. The van der Waals surface area contributed by atoms with Crippen LogP contribution in [0, 0.1) is 10.1 Å². The normalized spacial score (nSPS) is 32.8. The smallest absolute Gasteiger partial charge is 0.312 e. The molecule has 0 aliphatic carbocycles. The first-order chi connectivity index (χ1) is 9.08. The van der Waals surface area contributed by atoms with Crippen molar-refractivity contribution in [2.75, 3.05) is 26.3 Å². The number of carbonyl (C=O) groups is 1. The first-order valence-corrected chi connectivity index (χ1v) is 5.89. The molecule has 2 aliphatic heterocycles. The lowest BCUT2D eigenvalue weighted by Crippen LogP contribution is -2.45. The molecule has 0 radical (unpaired) electrons. The van der Waals surface area contributed by atoms with Gasteiger partial charge in [-0.15, -0.1) is 10.1 Å². The van der Waals surface area contributed by atoms with Crippen LogP contribution in [-0.2, 0) is 14.3 Å². The first-order valence-electron chi connectivity index (χ1n) is 5.89. The van der Waals surface area contributed by atoms with Crippen molar-refractivity contribution in [1.29, 1.82) is 0 Å². The first kappa shape index (κ1) is 13.8. The van der Waals surface area contributed by atoms with Gasteiger partial charge in [0.2, 0.25) is 0 Å². The Morgan fingerprint density at radius 1 is 1.37 bits per heavy atom. The number of nitrogens with two attached hydrogens (primary N) is 1. The molecule has 2 saturated heterocycles. The number of fused-ring (bicyclic) bond motifs is 1. The monoisotopic (exact) mass is 276 g/mol. The maximum atomic E-state index is 10.5. The van der Waals surface area contributed by atoms with Crippen LogP contribution in [0.25, 0.3) is 0 Å². The van der Waals surface area contributed by atoms with Crippen molar-refractivity contribution in [2.24, 2.45) is 5.73 Å². The molecule has 4 N–H and O–H groups in total. The molecule has 4 atom stereocenters. The highest BCUT2D eigenvalue weighted by Gasteiger charge is 2.49. The Morgan fingerprint density at radius 2 is 2.11 bits per heavy atom. The quantitative estimate of drug-likeness (QED) is 0.289. The molecule has 2 rings (SSSR count). The lowest BCUT2D eigenvalue weighted by Gasteiger charge is -2.17. The van der Waals surface area contributed by atoms with Crippen LogP contribution < -0.4 is 16.4 Å². The standard InChI is InChI=1S/C9H16N4O6/c10-9(14)12-2-1-11-5-3-17-8-6(19-13(15)16)4-18-7(5)8/h5-8,11H,1-4H2,(H3,10,12,14)/t5-,6+,7-,8-/m1/s1. The third-order valence-electron chi connectivity index (χ3n) is 3.06. The largest absolute Gasteiger partial charge is 0.371 e. The SMILES string of the molecule is NC(=O)NCCN[C@@H]1CO[C@H]2[C@@H]1OC[C@@H]2O[N+](=O)[O-]. The highest BCUT2D eigenvalue weighted by molar-refractivity contribution is 5.71. The van der Waals surface area contributed by atoms with Crippen molar-refractivity contribution < 1.29 is 24.2 Å². The Bertz CT molecular complexity index is 354. The molecule has 0 saturated carbocycles. The fourth-order valence-electron chi connectivity index (χ4n) is 2.28. The van der Waals surface area contributed by atoms with Crippen molar-refractivity contribution in [3.8, 4) is 0 Å². The van der Waals surface area contributed by atoms with E-state index in [2.05, 4.69) is 15.5 Å². The van der Waals surface area contributed by atoms with E-state index in [1.54, 1.807) is 0 Å². The second-order valence-corrected chi connectivity index (χ2v) is 4.32. The molecule has 2 amide bonds. The van der Waals surface area contributed by atoms with Crippen LogP contribution in [0.2, 0.25) is 0 Å². The zero-order chi connectivity index (χ0) is 13.8. The molecular formula is C9H16N4O6. The Hall–Kier alpha value is -1.65. The lowest BCUT2D eigenvalue weighted by atomic mass is 10.1. The minimum atomic E-state index is -0.836. The van der Waals surface area contributed by atoms with E-state index in [9.17, 15) is 14.9 Å². The highest BCUT2D eigenvalue weighted by atomic mass is 17.0.